The lowest BCUT2D eigenvalue weighted by molar-refractivity contribution is -0.300. The number of anilines is 1. The molecule has 1 aliphatic heterocycles. The number of aromatic nitrogens is 1. The SMILES string of the molecule is Cc1ccnc(NCC2C(C)OC(F)(F)CN2C(=O)OC(C)(C)C)c1C(F)(F)F. The first-order chi connectivity index (χ1) is 13.1. The molecule has 1 aromatic rings. The Morgan fingerprint density at radius 3 is 2.55 bits per heavy atom. The van der Waals surface area contributed by atoms with E-state index >= 15 is 0 Å². The van der Waals surface area contributed by atoms with Crippen LogP contribution in [0.3, 0.4) is 0 Å². The molecule has 29 heavy (non-hydrogen) atoms. The Bertz CT molecular complexity index is 749. The molecule has 2 heterocycles. The number of morpholine rings is 1. The van der Waals surface area contributed by atoms with Gasteiger partial charge in [-0.05, 0) is 46.2 Å². The second-order valence-electron chi connectivity index (χ2n) is 7.87. The molecule has 0 spiro atoms. The van der Waals surface area contributed by atoms with Crippen molar-refractivity contribution in [3.63, 3.8) is 0 Å². The molecule has 1 amide bonds. The number of alkyl halides is 5. The van der Waals surface area contributed by atoms with Gasteiger partial charge in [-0.2, -0.15) is 22.0 Å². The van der Waals surface area contributed by atoms with E-state index in [0.717, 1.165) is 4.90 Å². The van der Waals surface area contributed by atoms with Crippen molar-refractivity contribution in [1.29, 1.82) is 0 Å². The summed E-state index contributed by atoms with van der Waals surface area (Å²) in [6, 6.07) is 0.210. The zero-order valence-corrected chi connectivity index (χ0v) is 16.7. The fourth-order valence-corrected chi connectivity index (χ4v) is 3.00. The first-order valence-corrected chi connectivity index (χ1v) is 8.92. The molecule has 0 saturated carbocycles. The number of halogens is 5. The molecule has 1 fully saturated rings. The van der Waals surface area contributed by atoms with Gasteiger partial charge in [0.25, 0.3) is 0 Å². The summed E-state index contributed by atoms with van der Waals surface area (Å²) in [6.07, 6.45) is -9.24. The molecule has 11 heteroatoms. The third kappa shape index (κ3) is 5.91. The van der Waals surface area contributed by atoms with E-state index in [2.05, 4.69) is 15.0 Å². The highest BCUT2D eigenvalue weighted by molar-refractivity contribution is 5.69. The van der Waals surface area contributed by atoms with Crippen molar-refractivity contribution in [1.82, 2.24) is 9.88 Å². The second-order valence-corrected chi connectivity index (χ2v) is 7.87. The molecule has 1 N–H and O–H groups in total. The fraction of sp³-hybridized carbons (Fsp3) is 0.667. The predicted octanol–water partition coefficient (Wildman–Crippen LogP) is 4.44. The average molecular weight is 425 g/mol. The maximum Gasteiger partial charge on any atom is 0.420 e. The standard InChI is InChI=1S/C18H24F5N3O3/c1-10-6-7-24-14(13(10)18(21,22)23)25-8-12-11(2)28-17(19,20)9-26(12)15(27)29-16(3,4)5/h6-7,11-12H,8-9H2,1-5H3,(H,24,25). The van der Waals surface area contributed by atoms with Crippen LogP contribution in [-0.4, -0.2) is 52.9 Å². The topological polar surface area (TPSA) is 63.7 Å². The molecule has 0 bridgehead atoms. The van der Waals surface area contributed by atoms with Gasteiger partial charge in [-0.15, -0.1) is 0 Å². The number of hydrogen-bond acceptors (Lipinski definition) is 5. The molecule has 0 aliphatic carbocycles. The lowest BCUT2D eigenvalue weighted by Gasteiger charge is -2.43. The van der Waals surface area contributed by atoms with E-state index in [1.807, 2.05) is 0 Å². The van der Waals surface area contributed by atoms with Crippen LogP contribution in [0.2, 0.25) is 0 Å². The van der Waals surface area contributed by atoms with Crippen molar-refractivity contribution in [3.05, 3.63) is 23.4 Å². The van der Waals surface area contributed by atoms with Gasteiger partial charge in [0.1, 0.15) is 23.5 Å². The third-order valence-corrected chi connectivity index (χ3v) is 4.20. The molecular formula is C18H24F5N3O3. The minimum absolute atomic E-state index is 0.0431. The van der Waals surface area contributed by atoms with Gasteiger partial charge in [0.05, 0.1) is 12.1 Å². The Morgan fingerprint density at radius 2 is 2.00 bits per heavy atom. The van der Waals surface area contributed by atoms with Crippen molar-refractivity contribution in [3.8, 4) is 0 Å². The highest BCUT2D eigenvalue weighted by Crippen LogP contribution is 2.36. The quantitative estimate of drug-likeness (QED) is 0.726. The second kappa shape index (κ2) is 7.92. The van der Waals surface area contributed by atoms with Crippen molar-refractivity contribution >= 4 is 11.9 Å². The maximum absolute atomic E-state index is 13.9. The molecule has 0 aromatic carbocycles. The zero-order valence-electron chi connectivity index (χ0n) is 16.7. The van der Waals surface area contributed by atoms with Gasteiger partial charge in [-0.3, -0.25) is 4.90 Å². The van der Waals surface area contributed by atoms with Crippen molar-refractivity contribution < 1.29 is 36.2 Å². The molecular weight excluding hydrogens is 401 g/mol. The average Bonchev–Trinajstić information content (AvgIpc) is 2.49. The van der Waals surface area contributed by atoms with Crippen LogP contribution in [0.15, 0.2) is 12.3 Å². The van der Waals surface area contributed by atoms with E-state index in [1.165, 1.54) is 26.1 Å². The van der Waals surface area contributed by atoms with E-state index in [9.17, 15) is 26.7 Å². The number of ether oxygens (including phenoxy) is 2. The number of nitrogens with one attached hydrogen (secondary N) is 1. The van der Waals surface area contributed by atoms with E-state index in [0.29, 0.717) is 0 Å². The number of rotatable bonds is 3. The normalized spacial score (nSPS) is 22.3. The van der Waals surface area contributed by atoms with Crippen molar-refractivity contribution in [2.24, 2.45) is 0 Å². The Kier molecular flexibility index (Phi) is 6.32. The van der Waals surface area contributed by atoms with Crippen LogP contribution >= 0.6 is 0 Å². The number of aryl methyl sites for hydroxylation is 1. The summed E-state index contributed by atoms with van der Waals surface area (Å²) in [6.45, 7) is 5.95. The van der Waals surface area contributed by atoms with Crippen molar-refractivity contribution in [2.75, 3.05) is 18.4 Å². The first kappa shape index (κ1) is 23.1. The third-order valence-electron chi connectivity index (χ3n) is 4.20. The summed E-state index contributed by atoms with van der Waals surface area (Å²) in [7, 11) is 0. The highest BCUT2D eigenvalue weighted by Gasteiger charge is 2.48. The van der Waals surface area contributed by atoms with Crippen LogP contribution in [0.1, 0.15) is 38.8 Å². The number of hydrogen-bond donors (Lipinski definition) is 1. The van der Waals surface area contributed by atoms with Crippen LogP contribution < -0.4 is 5.32 Å². The predicted molar refractivity (Wildman–Crippen MR) is 94.7 cm³/mol. The molecule has 2 rings (SSSR count). The van der Waals surface area contributed by atoms with Gasteiger partial charge in [-0.1, -0.05) is 0 Å². The number of amides is 1. The van der Waals surface area contributed by atoms with Crippen LogP contribution in [0.5, 0.6) is 0 Å². The first-order valence-electron chi connectivity index (χ1n) is 8.92. The van der Waals surface area contributed by atoms with E-state index in [4.69, 9.17) is 4.74 Å². The van der Waals surface area contributed by atoms with Gasteiger partial charge in [-0.25, -0.2) is 9.78 Å². The Morgan fingerprint density at radius 1 is 1.38 bits per heavy atom. The van der Waals surface area contributed by atoms with Gasteiger partial charge >= 0.3 is 18.4 Å². The number of carbonyl (C=O) groups excluding carboxylic acids is 1. The maximum atomic E-state index is 13.9. The fourth-order valence-electron chi connectivity index (χ4n) is 3.00. The van der Waals surface area contributed by atoms with Crippen LogP contribution in [-0.2, 0) is 15.7 Å². The lowest BCUT2D eigenvalue weighted by atomic mass is 10.1. The smallest absolute Gasteiger partial charge is 0.420 e. The summed E-state index contributed by atoms with van der Waals surface area (Å²) in [4.78, 5) is 16.9. The molecule has 2 unspecified atom stereocenters. The summed E-state index contributed by atoms with van der Waals surface area (Å²) in [5.41, 5.74) is -1.94. The lowest BCUT2D eigenvalue weighted by Crippen LogP contribution is -2.61. The minimum atomic E-state index is -4.66. The van der Waals surface area contributed by atoms with Gasteiger partial charge in [0.15, 0.2) is 0 Å². The van der Waals surface area contributed by atoms with Crippen LogP contribution in [0.25, 0.3) is 0 Å². The molecule has 0 radical (unpaired) electrons. The Hall–Kier alpha value is -2.17. The van der Waals surface area contributed by atoms with E-state index in [1.54, 1.807) is 20.8 Å². The molecule has 1 aliphatic rings. The molecule has 2 atom stereocenters. The van der Waals surface area contributed by atoms with Gasteiger partial charge in [0.2, 0.25) is 0 Å². The largest absolute Gasteiger partial charge is 0.444 e. The number of pyridine rings is 1. The monoisotopic (exact) mass is 425 g/mol. The summed E-state index contributed by atoms with van der Waals surface area (Å²) in [5, 5.41) is 2.53. The summed E-state index contributed by atoms with van der Waals surface area (Å²) >= 11 is 0. The Labute approximate surface area is 165 Å². The van der Waals surface area contributed by atoms with Gasteiger partial charge < -0.3 is 14.8 Å². The van der Waals surface area contributed by atoms with Crippen molar-refractivity contribution in [2.45, 2.75) is 64.7 Å². The minimum Gasteiger partial charge on any atom is -0.444 e. The number of carbonyl (C=O) groups is 1. The summed E-state index contributed by atoms with van der Waals surface area (Å²) < 4.78 is 77.6. The Balaban J connectivity index is 2.27. The van der Waals surface area contributed by atoms with Crippen LogP contribution in [0.4, 0.5) is 32.6 Å². The van der Waals surface area contributed by atoms with E-state index in [-0.39, 0.29) is 12.1 Å². The molecule has 1 aromatic heterocycles. The van der Waals surface area contributed by atoms with E-state index < -0.39 is 54.1 Å². The molecule has 6 nitrogen and oxygen atoms in total. The summed E-state index contributed by atoms with van der Waals surface area (Å²) in [5.74, 6) is -0.453. The van der Waals surface area contributed by atoms with Crippen LogP contribution in [0, 0.1) is 6.92 Å². The number of nitrogens with zero attached hydrogens (tertiary/aromatic N) is 2. The highest BCUT2D eigenvalue weighted by atomic mass is 19.4. The van der Waals surface area contributed by atoms with Gasteiger partial charge in [0, 0.05) is 12.7 Å². The molecule has 164 valence electrons. The molecule has 1 saturated heterocycles. The zero-order chi connectivity index (χ0) is 22.2.